The number of carbonyl (C=O) groups is 2. The van der Waals surface area contributed by atoms with Crippen molar-refractivity contribution in [1.29, 1.82) is 0 Å². The number of non-ortho nitro benzene ring substituents is 1. The molecule has 4 rings (SSSR count). The zero-order chi connectivity index (χ0) is 31.7. The fraction of sp³-hybridized carbons (Fsp3) is 0.355. The van der Waals surface area contributed by atoms with Crippen molar-refractivity contribution in [2.24, 2.45) is 0 Å². The van der Waals surface area contributed by atoms with Crippen molar-refractivity contribution in [1.82, 2.24) is 10.0 Å². The Bertz CT molecular complexity index is 1570. The number of aliphatic hydroxyl groups excluding tert-OH is 1. The molecule has 0 aliphatic heterocycles. The van der Waals surface area contributed by atoms with Gasteiger partial charge in [0.25, 0.3) is 11.6 Å². The average Bonchev–Trinajstić information content (AvgIpc) is 3.00. The summed E-state index contributed by atoms with van der Waals surface area (Å²) in [6, 6.07) is 18.0. The van der Waals surface area contributed by atoms with Gasteiger partial charge in [-0.15, -0.1) is 0 Å². The molecule has 1 atom stereocenters. The molecule has 3 N–H and O–H groups in total. The second kappa shape index (κ2) is 14.8. The van der Waals surface area contributed by atoms with E-state index in [2.05, 4.69) is 5.32 Å². The van der Waals surface area contributed by atoms with Crippen LogP contribution >= 0.6 is 0 Å². The highest BCUT2D eigenvalue weighted by atomic mass is 32.2. The molecule has 0 unspecified atom stereocenters. The molecule has 1 aliphatic carbocycles. The normalized spacial score (nSPS) is 14.3. The van der Waals surface area contributed by atoms with E-state index in [0.717, 1.165) is 55.1 Å². The summed E-state index contributed by atoms with van der Waals surface area (Å²) >= 11 is 0. The second-order valence-electron chi connectivity index (χ2n) is 10.6. The van der Waals surface area contributed by atoms with E-state index in [-0.39, 0.29) is 30.5 Å². The van der Waals surface area contributed by atoms with Crippen LogP contribution in [0.5, 0.6) is 5.75 Å². The number of aliphatic hydroxyl groups is 1. The Hall–Kier alpha value is -4.49. The van der Waals surface area contributed by atoms with E-state index in [1.807, 2.05) is 29.0 Å². The molecule has 44 heavy (non-hydrogen) atoms. The SMILES string of the molecule is CS(=O)(=O)NC(=O)c1ccc(-c2ccc(CCOC(=O)NC[C@H](O)c3ccc([N+](=O)[O-])cc3)cc2)cc1OC1CCCCC1. The van der Waals surface area contributed by atoms with Crippen molar-refractivity contribution in [2.45, 2.75) is 50.7 Å². The molecule has 0 radical (unpaired) electrons. The number of nitrogens with zero attached hydrogens (tertiary/aromatic N) is 1. The summed E-state index contributed by atoms with van der Waals surface area (Å²) in [5.41, 5.74) is 3.04. The van der Waals surface area contributed by atoms with Crippen LogP contribution in [0.25, 0.3) is 11.1 Å². The molecule has 3 aromatic carbocycles. The van der Waals surface area contributed by atoms with Crippen molar-refractivity contribution < 1.29 is 37.5 Å². The average molecular weight is 626 g/mol. The summed E-state index contributed by atoms with van der Waals surface area (Å²) in [4.78, 5) is 35.0. The number of benzene rings is 3. The smallest absolute Gasteiger partial charge is 0.407 e. The van der Waals surface area contributed by atoms with Gasteiger partial charge in [-0.2, -0.15) is 0 Å². The Morgan fingerprint density at radius 2 is 1.66 bits per heavy atom. The zero-order valence-electron chi connectivity index (χ0n) is 24.2. The van der Waals surface area contributed by atoms with Crippen molar-refractivity contribution in [3.8, 4) is 16.9 Å². The molecule has 3 aromatic rings. The topological polar surface area (TPSA) is 174 Å². The third-order valence-electron chi connectivity index (χ3n) is 7.19. The Kier molecular flexibility index (Phi) is 10.9. The first kappa shape index (κ1) is 32.4. The number of hydrogen-bond donors (Lipinski definition) is 3. The van der Waals surface area contributed by atoms with Crippen LogP contribution in [0.3, 0.4) is 0 Å². The minimum Gasteiger partial charge on any atom is -0.490 e. The van der Waals surface area contributed by atoms with Crippen LogP contribution < -0.4 is 14.8 Å². The van der Waals surface area contributed by atoms with E-state index in [0.29, 0.717) is 17.7 Å². The molecule has 0 heterocycles. The van der Waals surface area contributed by atoms with E-state index < -0.39 is 33.1 Å². The maximum Gasteiger partial charge on any atom is 0.407 e. The van der Waals surface area contributed by atoms with Gasteiger partial charge in [0.15, 0.2) is 0 Å². The second-order valence-corrected chi connectivity index (χ2v) is 12.4. The fourth-order valence-corrected chi connectivity index (χ4v) is 5.31. The van der Waals surface area contributed by atoms with Gasteiger partial charge >= 0.3 is 6.09 Å². The largest absolute Gasteiger partial charge is 0.490 e. The van der Waals surface area contributed by atoms with Gasteiger partial charge in [0, 0.05) is 18.6 Å². The molecule has 12 nitrogen and oxygen atoms in total. The summed E-state index contributed by atoms with van der Waals surface area (Å²) in [7, 11) is -3.74. The number of nitro benzene ring substituents is 1. The van der Waals surface area contributed by atoms with Crippen molar-refractivity contribution in [3.05, 3.63) is 93.5 Å². The molecule has 2 amide bonds. The summed E-state index contributed by atoms with van der Waals surface area (Å²) in [5, 5.41) is 23.5. The van der Waals surface area contributed by atoms with Crippen molar-refractivity contribution in [3.63, 3.8) is 0 Å². The molecule has 0 saturated heterocycles. The van der Waals surface area contributed by atoms with E-state index in [4.69, 9.17) is 9.47 Å². The highest BCUT2D eigenvalue weighted by molar-refractivity contribution is 7.89. The lowest BCUT2D eigenvalue weighted by Gasteiger charge is -2.24. The van der Waals surface area contributed by atoms with Crippen molar-refractivity contribution in [2.75, 3.05) is 19.4 Å². The minimum absolute atomic E-state index is 0.0473. The number of ether oxygens (including phenoxy) is 2. The van der Waals surface area contributed by atoms with Crippen LogP contribution in [-0.2, 0) is 21.2 Å². The number of rotatable bonds is 12. The lowest BCUT2D eigenvalue weighted by atomic mass is 9.97. The third-order valence-corrected chi connectivity index (χ3v) is 7.75. The number of carbonyl (C=O) groups excluding carboxylic acids is 2. The molecule has 234 valence electrons. The predicted octanol–water partition coefficient (Wildman–Crippen LogP) is 4.67. The van der Waals surface area contributed by atoms with Gasteiger partial charge in [-0.3, -0.25) is 14.9 Å². The molecular weight excluding hydrogens is 590 g/mol. The molecule has 1 fully saturated rings. The van der Waals surface area contributed by atoms with Crippen LogP contribution in [0.15, 0.2) is 66.7 Å². The number of hydrogen-bond acceptors (Lipinski definition) is 9. The fourth-order valence-electron chi connectivity index (χ4n) is 4.87. The Labute approximate surface area is 255 Å². The number of sulfonamides is 1. The predicted molar refractivity (Wildman–Crippen MR) is 163 cm³/mol. The van der Waals surface area contributed by atoms with Crippen LogP contribution in [0, 0.1) is 10.1 Å². The Balaban J connectivity index is 1.32. The van der Waals surface area contributed by atoms with E-state index in [1.54, 1.807) is 18.2 Å². The zero-order valence-corrected chi connectivity index (χ0v) is 25.0. The van der Waals surface area contributed by atoms with Gasteiger partial charge in [-0.1, -0.05) is 36.8 Å². The van der Waals surface area contributed by atoms with E-state index >= 15 is 0 Å². The monoisotopic (exact) mass is 625 g/mol. The molecular formula is C31H35N3O9S. The van der Waals surface area contributed by atoms with Crippen LogP contribution in [0.2, 0.25) is 0 Å². The van der Waals surface area contributed by atoms with Crippen molar-refractivity contribution >= 4 is 27.7 Å². The molecule has 1 aliphatic rings. The summed E-state index contributed by atoms with van der Waals surface area (Å²) in [6.07, 6.45) is 4.51. The Morgan fingerprint density at radius 1 is 1.00 bits per heavy atom. The third kappa shape index (κ3) is 9.51. The highest BCUT2D eigenvalue weighted by Crippen LogP contribution is 2.31. The minimum atomic E-state index is -3.74. The maximum atomic E-state index is 12.7. The van der Waals surface area contributed by atoms with Gasteiger partial charge in [0.2, 0.25) is 10.0 Å². The van der Waals surface area contributed by atoms with E-state index in [1.165, 1.54) is 24.3 Å². The van der Waals surface area contributed by atoms with Crippen LogP contribution in [0.1, 0.15) is 59.7 Å². The molecule has 0 bridgehead atoms. The van der Waals surface area contributed by atoms with Gasteiger partial charge in [0.05, 0.1) is 42.1 Å². The lowest BCUT2D eigenvalue weighted by Crippen LogP contribution is -2.30. The quantitative estimate of drug-likeness (QED) is 0.191. The number of nitro groups is 1. The van der Waals surface area contributed by atoms with E-state index in [9.17, 15) is 33.2 Å². The van der Waals surface area contributed by atoms with Gasteiger partial charge in [-0.05, 0) is 72.2 Å². The number of nitrogens with one attached hydrogen (secondary N) is 2. The van der Waals surface area contributed by atoms with Crippen LogP contribution in [-0.4, -0.2) is 56.0 Å². The first-order chi connectivity index (χ1) is 21.0. The molecule has 0 spiro atoms. The molecule has 13 heteroatoms. The number of amides is 2. The molecule has 1 saturated carbocycles. The maximum absolute atomic E-state index is 12.7. The first-order valence-electron chi connectivity index (χ1n) is 14.2. The standard InChI is InChI=1S/C31H35N3O9S/c1-44(40,41)33-30(36)27-16-13-24(19-29(27)43-26-5-3-2-4-6-26)22-9-7-21(8-10-22)17-18-42-31(37)32-20-28(35)23-11-14-25(15-12-23)34(38)39/h7-16,19,26,28,35H,2-6,17-18,20H2,1H3,(H,32,37)(H,33,36)/t28-/m0/s1. The van der Waals surface area contributed by atoms with Gasteiger partial charge in [0.1, 0.15) is 5.75 Å². The van der Waals surface area contributed by atoms with Crippen LogP contribution in [0.4, 0.5) is 10.5 Å². The summed E-state index contributed by atoms with van der Waals surface area (Å²) in [6.45, 7) is -0.0190. The summed E-state index contributed by atoms with van der Waals surface area (Å²) < 4.78 is 36.7. The molecule has 0 aromatic heterocycles. The summed E-state index contributed by atoms with van der Waals surface area (Å²) in [5.74, 6) is -0.414. The first-order valence-corrected chi connectivity index (χ1v) is 16.1. The van der Waals surface area contributed by atoms with Gasteiger partial charge in [-0.25, -0.2) is 17.9 Å². The number of alkyl carbamates (subject to hydrolysis) is 1. The van der Waals surface area contributed by atoms with Gasteiger partial charge < -0.3 is 19.9 Å². The lowest BCUT2D eigenvalue weighted by molar-refractivity contribution is -0.384. The Morgan fingerprint density at radius 3 is 2.30 bits per heavy atom. The highest BCUT2D eigenvalue weighted by Gasteiger charge is 2.22.